The van der Waals surface area contributed by atoms with Gasteiger partial charge in [-0.15, -0.1) is 11.8 Å². The Morgan fingerprint density at radius 1 is 1.14 bits per heavy atom. The van der Waals surface area contributed by atoms with Crippen LogP contribution in [0.15, 0.2) is 34.1 Å². The summed E-state index contributed by atoms with van der Waals surface area (Å²) in [6.07, 6.45) is 1.02. The number of aromatic amines is 1. The number of carbonyl (C=O) groups excluding carboxylic acids is 2. The van der Waals surface area contributed by atoms with Crippen molar-refractivity contribution in [1.29, 1.82) is 0 Å². The lowest BCUT2D eigenvalue weighted by Crippen LogP contribution is -2.47. The minimum atomic E-state index is -1.13. The van der Waals surface area contributed by atoms with Crippen molar-refractivity contribution in [3.8, 4) is 0 Å². The Morgan fingerprint density at radius 3 is 2.43 bits per heavy atom. The van der Waals surface area contributed by atoms with Crippen LogP contribution >= 0.6 is 34.7 Å². The van der Waals surface area contributed by atoms with Crippen molar-refractivity contribution in [2.75, 3.05) is 0 Å². The van der Waals surface area contributed by atoms with Crippen molar-refractivity contribution in [3.63, 3.8) is 0 Å². The van der Waals surface area contributed by atoms with Crippen LogP contribution in [0.4, 0.5) is 0 Å². The Kier molecular flexibility index (Phi) is 5.47. The lowest BCUT2D eigenvalue weighted by Gasteiger charge is -2.43. The number of benzene rings is 1. The van der Waals surface area contributed by atoms with E-state index in [9.17, 15) is 24.3 Å². The first-order valence-corrected chi connectivity index (χ1v) is 14.0. The van der Waals surface area contributed by atoms with E-state index in [0.29, 0.717) is 5.02 Å². The van der Waals surface area contributed by atoms with Crippen molar-refractivity contribution >= 4 is 52.5 Å². The molecule has 2 aromatic rings. The summed E-state index contributed by atoms with van der Waals surface area (Å²) in [4.78, 5) is 56.6. The number of nitrogens with zero attached hydrogens (tertiary/aromatic N) is 1. The molecule has 1 saturated heterocycles. The standard InChI is InChI=1S/C25H25ClN2O5S2/c1-9(2)7-14(24(31)32)28-22(29)17-12-8-13(18(17)23(28)30)19-16(12)15(10-3-5-11(26)6-4-10)20-21(34-19)27-25(33)35-20/h3-6,9,12-19H,7-8H2,1-2H3,(H,27,33)(H,31,32)/t12-,13-,14-,15-,16-,17+,18-,19+/m1/s1. The van der Waals surface area contributed by atoms with Crippen molar-refractivity contribution < 1.29 is 19.5 Å². The van der Waals surface area contributed by atoms with E-state index in [4.69, 9.17) is 11.6 Å². The molecule has 10 heteroatoms. The number of halogens is 1. The Bertz CT molecular complexity index is 1290. The van der Waals surface area contributed by atoms with Crippen molar-refractivity contribution in [3.05, 3.63) is 49.4 Å². The first-order valence-electron chi connectivity index (χ1n) is 11.9. The lowest BCUT2D eigenvalue weighted by atomic mass is 9.68. The van der Waals surface area contributed by atoms with Crippen LogP contribution in [0.1, 0.15) is 43.0 Å². The molecule has 7 nitrogen and oxygen atoms in total. The number of nitrogens with one attached hydrogen (secondary N) is 1. The fourth-order valence-electron chi connectivity index (χ4n) is 7.15. The van der Waals surface area contributed by atoms with Gasteiger partial charge in [-0.3, -0.25) is 19.3 Å². The third-order valence-corrected chi connectivity index (χ3v) is 11.1. The lowest BCUT2D eigenvalue weighted by molar-refractivity contribution is -0.156. The molecule has 6 rings (SSSR count). The fourth-order valence-corrected chi connectivity index (χ4v) is 10.2. The maximum absolute atomic E-state index is 13.7. The Morgan fingerprint density at radius 2 is 1.80 bits per heavy atom. The van der Waals surface area contributed by atoms with Gasteiger partial charge >= 0.3 is 10.8 Å². The smallest absolute Gasteiger partial charge is 0.326 e. The Hall–Kier alpha value is -2.10. The van der Waals surface area contributed by atoms with Crippen LogP contribution in [0.2, 0.25) is 5.02 Å². The minimum Gasteiger partial charge on any atom is -0.480 e. The van der Waals surface area contributed by atoms with E-state index in [2.05, 4.69) is 4.98 Å². The summed E-state index contributed by atoms with van der Waals surface area (Å²) in [5, 5.41) is 11.4. The molecule has 8 atom stereocenters. The molecule has 0 radical (unpaired) electrons. The van der Waals surface area contributed by atoms with Gasteiger partial charge in [0.05, 0.1) is 16.9 Å². The maximum Gasteiger partial charge on any atom is 0.326 e. The van der Waals surface area contributed by atoms with E-state index in [1.54, 1.807) is 11.8 Å². The molecule has 1 aromatic carbocycles. The molecule has 35 heavy (non-hydrogen) atoms. The number of likely N-dealkylation sites (tertiary alicyclic amines) is 1. The second-order valence-electron chi connectivity index (χ2n) is 10.5. The molecule has 2 bridgehead atoms. The van der Waals surface area contributed by atoms with Crippen LogP contribution in [-0.4, -0.2) is 44.1 Å². The van der Waals surface area contributed by atoms with Gasteiger partial charge in [0, 0.05) is 21.1 Å². The molecular weight excluding hydrogens is 508 g/mol. The highest BCUT2D eigenvalue weighted by Crippen LogP contribution is 2.68. The van der Waals surface area contributed by atoms with Gasteiger partial charge in [0.15, 0.2) is 0 Å². The number of fused-ring (bicyclic) bond motifs is 9. The molecule has 2 saturated carbocycles. The van der Waals surface area contributed by atoms with E-state index < -0.39 is 23.8 Å². The highest BCUT2D eigenvalue weighted by Gasteiger charge is 2.70. The first kappa shape index (κ1) is 23.3. The molecule has 184 valence electrons. The zero-order valence-corrected chi connectivity index (χ0v) is 21.5. The monoisotopic (exact) mass is 532 g/mol. The normalized spacial score (nSPS) is 33.7. The largest absolute Gasteiger partial charge is 0.480 e. The van der Waals surface area contributed by atoms with Crippen LogP contribution in [0.5, 0.6) is 0 Å². The average molecular weight is 533 g/mol. The molecular formula is C25H25ClN2O5S2. The van der Waals surface area contributed by atoms with Crippen molar-refractivity contribution in [2.24, 2.45) is 35.5 Å². The summed E-state index contributed by atoms with van der Waals surface area (Å²) in [6.45, 7) is 3.79. The second kappa shape index (κ2) is 8.21. The number of carbonyl (C=O) groups is 3. The van der Waals surface area contributed by atoms with E-state index >= 15 is 0 Å². The number of thioether (sulfide) groups is 1. The summed E-state index contributed by atoms with van der Waals surface area (Å²) in [5.41, 5.74) is 1.04. The van der Waals surface area contributed by atoms with E-state index in [1.165, 1.54) is 11.3 Å². The topological polar surface area (TPSA) is 108 Å². The van der Waals surface area contributed by atoms with Gasteiger partial charge in [-0.1, -0.05) is 48.9 Å². The highest BCUT2D eigenvalue weighted by atomic mass is 35.5. The van der Waals surface area contributed by atoms with Gasteiger partial charge in [-0.25, -0.2) is 4.79 Å². The van der Waals surface area contributed by atoms with Gasteiger partial charge in [-0.2, -0.15) is 0 Å². The number of aliphatic carboxylic acids is 1. The SMILES string of the molecule is CC(C)C[C@H](C(=O)O)N1C(=O)[C@@H]2[C@H]3C[C@@H]([C@@H]2C1=O)[C@@H]1[C@@H](c2ccc(Cl)cc2)c2sc(=O)[nH]c2S[C@@H]31. The third kappa shape index (κ3) is 3.38. The molecule has 3 fully saturated rings. The minimum absolute atomic E-state index is 0.0266. The number of thiazole rings is 1. The fraction of sp³-hybridized carbons (Fsp3) is 0.520. The molecule has 2 aliphatic heterocycles. The highest BCUT2D eigenvalue weighted by molar-refractivity contribution is 8.00. The summed E-state index contributed by atoms with van der Waals surface area (Å²) in [5.74, 6) is -2.77. The summed E-state index contributed by atoms with van der Waals surface area (Å²) < 4.78 is 0. The summed E-state index contributed by atoms with van der Waals surface area (Å²) in [6, 6.07) is 6.52. The predicted molar refractivity (Wildman–Crippen MR) is 133 cm³/mol. The number of carboxylic acid groups (broad SMARTS) is 1. The van der Waals surface area contributed by atoms with Crippen LogP contribution in [0.25, 0.3) is 0 Å². The summed E-state index contributed by atoms with van der Waals surface area (Å²) >= 11 is 8.98. The van der Waals surface area contributed by atoms with Gasteiger partial charge in [0.1, 0.15) is 6.04 Å². The molecule has 0 spiro atoms. The first-order chi connectivity index (χ1) is 16.7. The number of H-pyrrole nitrogens is 1. The van der Waals surface area contributed by atoms with Gasteiger partial charge < -0.3 is 10.1 Å². The zero-order chi connectivity index (χ0) is 24.8. The van der Waals surface area contributed by atoms with Crippen LogP contribution < -0.4 is 4.87 Å². The van der Waals surface area contributed by atoms with E-state index in [1.807, 2.05) is 38.1 Å². The molecule has 2 N–H and O–H groups in total. The number of carboxylic acids is 1. The van der Waals surface area contributed by atoms with Gasteiger partial charge in [-0.05, 0) is 54.2 Å². The number of amides is 2. The van der Waals surface area contributed by atoms with Crippen molar-refractivity contribution in [2.45, 2.75) is 48.9 Å². The van der Waals surface area contributed by atoms with Crippen LogP contribution in [0, 0.1) is 35.5 Å². The zero-order valence-electron chi connectivity index (χ0n) is 19.1. The third-order valence-electron chi connectivity index (χ3n) is 8.28. The van der Waals surface area contributed by atoms with E-state index in [-0.39, 0.29) is 57.9 Å². The van der Waals surface area contributed by atoms with E-state index in [0.717, 1.165) is 26.8 Å². The van der Waals surface area contributed by atoms with Gasteiger partial charge in [0.2, 0.25) is 11.8 Å². The maximum atomic E-state index is 13.7. The Labute approximate surface area is 215 Å². The number of hydrogen-bond donors (Lipinski definition) is 2. The second-order valence-corrected chi connectivity index (χ2v) is 13.2. The Balaban J connectivity index is 1.42. The molecule has 0 unspecified atom stereocenters. The van der Waals surface area contributed by atoms with Crippen LogP contribution in [-0.2, 0) is 14.4 Å². The number of imide groups is 1. The van der Waals surface area contributed by atoms with Crippen molar-refractivity contribution in [1.82, 2.24) is 9.88 Å². The van der Waals surface area contributed by atoms with Gasteiger partial charge in [0.25, 0.3) is 0 Å². The summed E-state index contributed by atoms with van der Waals surface area (Å²) in [7, 11) is 0. The molecule has 2 amide bonds. The average Bonchev–Trinajstić information content (AvgIpc) is 3.52. The molecule has 2 aliphatic carbocycles. The number of hydrogen-bond acceptors (Lipinski definition) is 6. The molecule has 1 aromatic heterocycles. The number of aromatic nitrogens is 1. The molecule has 4 aliphatic rings. The van der Waals surface area contributed by atoms with Crippen LogP contribution in [0.3, 0.4) is 0 Å². The number of rotatable bonds is 5. The molecule has 3 heterocycles. The predicted octanol–water partition coefficient (Wildman–Crippen LogP) is 4.06. The quantitative estimate of drug-likeness (QED) is 0.562.